The fraction of sp³-hybridized carbons (Fsp3) is 0.100. The van der Waals surface area contributed by atoms with Crippen molar-refractivity contribution in [1.82, 2.24) is 4.68 Å². The van der Waals surface area contributed by atoms with E-state index in [0.29, 0.717) is 6.07 Å². The van der Waals surface area contributed by atoms with Gasteiger partial charge in [0.1, 0.15) is 0 Å². The molecule has 1 heterocycles. The topological polar surface area (TPSA) is 60.0 Å². The molecule has 90 valence electrons. The van der Waals surface area contributed by atoms with E-state index < -0.39 is 17.3 Å². The minimum Gasteiger partial charge on any atom is -0.267 e. The largest absolute Gasteiger partial charge is 0.417 e. The van der Waals surface area contributed by atoms with Crippen LogP contribution < -0.4 is 16.9 Å². The monoisotopic (exact) mass is 243 g/mol. The van der Waals surface area contributed by atoms with E-state index in [2.05, 4.69) is 5.53 Å². The van der Waals surface area contributed by atoms with Crippen molar-refractivity contribution in [3.63, 3.8) is 0 Å². The predicted octanol–water partition coefficient (Wildman–Crippen LogP) is 1.44. The van der Waals surface area contributed by atoms with Gasteiger partial charge in [-0.05, 0) is 6.07 Å². The molecule has 0 aliphatic carbocycles. The van der Waals surface area contributed by atoms with Crippen LogP contribution >= 0.6 is 0 Å². The molecule has 0 unspecified atom stereocenters. The highest BCUT2D eigenvalue weighted by Crippen LogP contribution is 2.33. The van der Waals surface area contributed by atoms with Crippen LogP contribution in [0.5, 0.6) is 0 Å². The number of alkyl halides is 3. The summed E-state index contributed by atoms with van der Waals surface area (Å²) in [5.41, 5.74) is 0.302. The first kappa shape index (κ1) is 11.5. The Balaban J connectivity index is 2.94. The third kappa shape index (κ3) is 1.84. The Morgan fingerprint density at radius 2 is 1.88 bits per heavy atom. The van der Waals surface area contributed by atoms with Gasteiger partial charge in [-0.15, -0.1) is 0 Å². The molecule has 0 fully saturated rings. The second-order valence-electron chi connectivity index (χ2n) is 3.38. The van der Waals surface area contributed by atoms with Crippen LogP contribution in [0.2, 0.25) is 0 Å². The van der Waals surface area contributed by atoms with Crippen molar-refractivity contribution in [2.24, 2.45) is 5.84 Å². The van der Waals surface area contributed by atoms with Crippen LogP contribution in [0.15, 0.2) is 35.1 Å². The number of hydrazine groups is 1. The summed E-state index contributed by atoms with van der Waals surface area (Å²) in [5, 5.41) is -0.0856. The molecule has 4 nitrogen and oxygen atoms in total. The van der Waals surface area contributed by atoms with Crippen molar-refractivity contribution in [2.45, 2.75) is 6.18 Å². The van der Waals surface area contributed by atoms with E-state index in [9.17, 15) is 18.0 Å². The highest BCUT2D eigenvalue weighted by atomic mass is 19.4. The van der Waals surface area contributed by atoms with Crippen LogP contribution in [0.4, 0.5) is 13.2 Å². The highest BCUT2D eigenvalue weighted by Gasteiger charge is 2.33. The standard InChI is InChI=1S/C10H8F3N3O/c11-10(12,13)7-5-9(17)16(15-14)8-4-2-1-3-6(7)8/h1-5,15H,14H2. The Kier molecular flexibility index (Phi) is 2.55. The van der Waals surface area contributed by atoms with Gasteiger partial charge in [0, 0.05) is 11.5 Å². The zero-order chi connectivity index (χ0) is 12.6. The van der Waals surface area contributed by atoms with Crippen LogP contribution in [-0.4, -0.2) is 4.68 Å². The number of rotatable bonds is 1. The van der Waals surface area contributed by atoms with Gasteiger partial charge >= 0.3 is 6.18 Å². The number of fused-ring (bicyclic) bond motifs is 1. The first-order valence-corrected chi connectivity index (χ1v) is 4.64. The van der Waals surface area contributed by atoms with Gasteiger partial charge in [-0.25, -0.2) is 10.5 Å². The fourth-order valence-corrected chi connectivity index (χ4v) is 1.65. The average Bonchev–Trinajstić information content (AvgIpc) is 2.27. The molecule has 0 spiro atoms. The molecule has 0 radical (unpaired) electrons. The van der Waals surface area contributed by atoms with Gasteiger partial charge in [-0.3, -0.25) is 10.3 Å². The predicted molar refractivity (Wildman–Crippen MR) is 56.8 cm³/mol. The first-order chi connectivity index (χ1) is 7.95. The maximum atomic E-state index is 12.7. The number of nitrogens with two attached hydrogens (primary N) is 1. The minimum atomic E-state index is -4.58. The molecule has 2 rings (SSSR count). The number of benzene rings is 1. The lowest BCUT2D eigenvalue weighted by Crippen LogP contribution is -2.34. The van der Waals surface area contributed by atoms with E-state index >= 15 is 0 Å². The van der Waals surface area contributed by atoms with E-state index in [4.69, 9.17) is 5.84 Å². The van der Waals surface area contributed by atoms with Gasteiger partial charge < -0.3 is 0 Å². The second-order valence-corrected chi connectivity index (χ2v) is 3.38. The molecule has 2 aromatic rings. The van der Waals surface area contributed by atoms with Crippen molar-refractivity contribution >= 4 is 10.9 Å². The van der Waals surface area contributed by atoms with E-state index in [1.807, 2.05) is 0 Å². The Morgan fingerprint density at radius 3 is 2.47 bits per heavy atom. The molecule has 7 heteroatoms. The molecule has 3 N–H and O–H groups in total. The third-order valence-electron chi connectivity index (χ3n) is 2.36. The Bertz CT molecular complexity index is 618. The molecular weight excluding hydrogens is 235 g/mol. The van der Waals surface area contributed by atoms with Gasteiger partial charge in [0.15, 0.2) is 0 Å². The summed E-state index contributed by atoms with van der Waals surface area (Å²) in [6, 6.07) is 6.16. The first-order valence-electron chi connectivity index (χ1n) is 4.64. The average molecular weight is 243 g/mol. The SMILES string of the molecule is NNn1c(=O)cc(C(F)(F)F)c2ccccc21. The summed E-state index contributed by atoms with van der Waals surface area (Å²) in [5.74, 6) is 5.11. The zero-order valence-corrected chi connectivity index (χ0v) is 8.45. The Labute approximate surface area is 93.4 Å². The van der Waals surface area contributed by atoms with Crippen LogP contribution in [0.1, 0.15) is 5.56 Å². The summed E-state index contributed by atoms with van der Waals surface area (Å²) >= 11 is 0. The van der Waals surface area contributed by atoms with Crippen molar-refractivity contribution in [1.29, 1.82) is 0 Å². The zero-order valence-electron chi connectivity index (χ0n) is 8.45. The maximum Gasteiger partial charge on any atom is 0.417 e. The lowest BCUT2D eigenvalue weighted by atomic mass is 10.1. The van der Waals surface area contributed by atoms with E-state index in [1.54, 1.807) is 0 Å². The molecule has 0 aliphatic heterocycles. The normalized spacial score (nSPS) is 11.8. The Hall–Kier alpha value is -2.02. The van der Waals surface area contributed by atoms with Crippen molar-refractivity contribution in [2.75, 3.05) is 5.53 Å². The third-order valence-corrected chi connectivity index (χ3v) is 2.36. The van der Waals surface area contributed by atoms with E-state index in [1.165, 1.54) is 24.3 Å². The van der Waals surface area contributed by atoms with Crippen molar-refractivity contribution in [3.8, 4) is 0 Å². The summed E-state index contributed by atoms with van der Waals surface area (Å²) < 4.78 is 39.1. The van der Waals surface area contributed by atoms with Gasteiger partial charge in [0.05, 0.1) is 11.1 Å². The van der Waals surface area contributed by atoms with E-state index in [0.717, 1.165) is 4.68 Å². The van der Waals surface area contributed by atoms with Crippen LogP contribution in [0.25, 0.3) is 10.9 Å². The number of nitrogens with zero attached hydrogens (tertiary/aromatic N) is 1. The molecule has 1 aromatic carbocycles. The van der Waals surface area contributed by atoms with Gasteiger partial charge in [0.25, 0.3) is 5.56 Å². The van der Waals surface area contributed by atoms with Crippen molar-refractivity contribution < 1.29 is 13.2 Å². The number of nitrogens with one attached hydrogen (secondary N) is 1. The van der Waals surface area contributed by atoms with Crippen LogP contribution in [0.3, 0.4) is 0 Å². The molecule has 0 amide bonds. The number of hydrogen-bond acceptors (Lipinski definition) is 3. The molecule has 0 atom stereocenters. The molecule has 0 aliphatic rings. The number of para-hydroxylation sites is 1. The summed E-state index contributed by atoms with van der Waals surface area (Å²) in [6.07, 6.45) is -4.58. The van der Waals surface area contributed by atoms with Gasteiger partial charge in [-0.1, -0.05) is 18.2 Å². The molecular formula is C10H8F3N3O. The smallest absolute Gasteiger partial charge is 0.267 e. The minimum absolute atomic E-state index is 0.0785. The molecule has 1 aromatic heterocycles. The number of aromatic nitrogens is 1. The second kappa shape index (κ2) is 3.77. The number of halogens is 3. The number of nitrogen functional groups attached to an aromatic ring is 1. The lowest BCUT2D eigenvalue weighted by molar-refractivity contribution is -0.136. The highest BCUT2D eigenvalue weighted by molar-refractivity contribution is 5.83. The summed E-state index contributed by atoms with van der Waals surface area (Å²) in [6.45, 7) is 0. The lowest BCUT2D eigenvalue weighted by Gasteiger charge is -2.14. The summed E-state index contributed by atoms with van der Waals surface area (Å²) in [4.78, 5) is 11.5. The molecule has 0 saturated heterocycles. The van der Waals surface area contributed by atoms with Crippen LogP contribution in [-0.2, 0) is 6.18 Å². The van der Waals surface area contributed by atoms with Gasteiger partial charge in [0.2, 0.25) is 0 Å². The Morgan fingerprint density at radius 1 is 1.24 bits per heavy atom. The molecule has 17 heavy (non-hydrogen) atoms. The molecule has 0 saturated carbocycles. The number of pyridine rings is 1. The van der Waals surface area contributed by atoms with E-state index in [-0.39, 0.29) is 10.9 Å². The summed E-state index contributed by atoms with van der Waals surface area (Å²) in [7, 11) is 0. The maximum absolute atomic E-state index is 12.7. The number of hydrogen-bond donors (Lipinski definition) is 2. The van der Waals surface area contributed by atoms with Gasteiger partial charge in [-0.2, -0.15) is 13.2 Å². The van der Waals surface area contributed by atoms with Crippen molar-refractivity contribution in [3.05, 3.63) is 46.2 Å². The van der Waals surface area contributed by atoms with Crippen LogP contribution in [0, 0.1) is 0 Å². The fourth-order valence-electron chi connectivity index (χ4n) is 1.65. The molecule has 0 bridgehead atoms. The quantitative estimate of drug-likeness (QED) is 0.588.